The van der Waals surface area contributed by atoms with E-state index in [4.69, 9.17) is 39.5 Å². The molecular formula is C10H8Cl3NO4. The van der Waals surface area contributed by atoms with Crippen molar-refractivity contribution in [2.75, 3.05) is 6.61 Å². The average Bonchev–Trinajstić information content (AvgIpc) is 2.25. The van der Waals surface area contributed by atoms with Crippen LogP contribution in [-0.4, -0.2) is 17.5 Å². The normalized spacial score (nSPS) is 10.2. The first-order chi connectivity index (χ1) is 8.38. The van der Waals surface area contributed by atoms with E-state index in [2.05, 4.69) is 0 Å². The number of hydrogen-bond acceptors (Lipinski definition) is 4. The number of nitrogens with zero attached hydrogens (tertiary/aromatic N) is 1. The molecule has 18 heavy (non-hydrogen) atoms. The monoisotopic (exact) mass is 311 g/mol. The Kier molecular flexibility index (Phi) is 5.19. The van der Waals surface area contributed by atoms with Crippen LogP contribution in [0.1, 0.15) is 12.5 Å². The molecule has 1 rings (SSSR count). The zero-order valence-electron chi connectivity index (χ0n) is 9.21. The Morgan fingerprint density at radius 3 is 2.50 bits per heavy atom. The van der Waals surface area contributed by atoms with Gasteiger partial charge in [0.05, 0.1) is 28.0 Å². The summed E-state index contributed by atoms with van der Waals surface area (Å²) >= 11 is 17.2. The van der Waals surface area contributed by atoms with Crippen LogP contribution in [0.25, 0.3) is 0 Å². The van der Waals surface area contributed by atoms with Gasteiger partial charge in [0.1, 0.15) is 5.02 Å². The number of nitro groups is 1. The second kappa shape index (κ2) is 6.22. The van der Waals surface area contributed by atoms with E-state index in [0.717, 1.165) is 0 Å². The van der Waals surface area contributed by atoms with Gasteiger partial charge in [-0.1, -0.05) is 34.8 Å². The Labute approximate surface area is 118 Å². The molecule has 0 atom stereocenters. The molecule has 8 heteroatoms. The van der Waals surface area contributed by atoms with Crippen LogP contribution in [0.2, 0.25) is 15.1 Å². The van der Waals surface area contributed by atoms with E-state index >= 15 is 0 Å². The van der Waals surface area contributed by atoms with Crippen LogP contribution >= 0.6 is 34.8 Å². The summed E-state index contributed by atoms with van der Waals surface area (Å²) in [7, 11) is 0. The van der Waals surface area contributed by atoms with Gasteiger partial charge in [-0.15, -0.1) is 0 Å². The van der Waals surface area contributed by atoms with E-state index in [1.54, 1.807) is 6.92 Å². The van der Waals surface area contributed by atoms with Crippen LogP contribution < -0.4 is 0 Å². The Morgan fingerprint density at radius 2 is 2.00 bits per heavy atom. The number of nitro benzene ring substituents is 1. The van der Waals surface area contributed by atoms with Crippen LogP contribution in [0.5, 0.6) is 0 Å². The highest BCUT2D eigenvalue weighted by atomic mass is 35.5. The van der Waals surface area contributed by atoms with E-state index in [1.807, 2.05) is 0 Å². The summed E-state index contributed by atoms with van der Waals surface area (Å²) in [6.45, 7) is 1.82. The smallest absolute Gasteiger partial charge is 0.310 e. The van der Waals surface area contributed by atoms with Crippen molar-refractivity contribution in [1.29, 1.82) is 0 Å². The third kappa shape index (κ3) is 3.25. The fourth-order valence-corrected chi connectivity index (χ4v) is 2.04. The summed E-state index contributed by atoms with van der Waals surface area (Å²) in [6.07, 6.45) is -0.291. The van der Waals surface area contributed by atoms with Crippen molar-refractivity contribution in [3.63, 3.8) is 0 Å². The predicted molar refractivity (Wildman–Crippen MR) is 68.5 cm³/mol. The molecule has 0 aliphatic rings. The zero-order valence-corrected chi connectivity index (χ0v) is 11.5. The van der Waals surface area contributed by atoms with Crippen molar-refractivity contribution >= 4 is 46.5 Å². The van der Waals surface area contributed by atoms with Crippen LogP contribution in [-0.2, 0) is 16.0 Å². The topological polar surface area (TPSA) is 69.4 Å². The van der Waals surface area contributed by atoms with Gasteiger partial charge in [-0.05, 0) is 13.0 Å². The van der Waals surface area contributed by atoms with Gasteiger partial charge in [-0.25, -0.2) is 0 Å². The number of carbonyl (C=O) groups is 1. The minimum absolute atomic E-state index is 0.0477. The van der Waals surface area contributed by atoms with E-state index < -0.39 is 16.6 Å². The number of esters is 1. The molecule has 0 aliphatic carbocycles. The molecule has 0 spiro atoms. The molecule has 1 aromatic carbocycles. The quantitative estimate of drug-likeness (QED) is 0.368. The van der Waals surface area contributed by atoms with Crippen LogP contribution in [0.4, 0.5) is 5.69 Å². The van der Waals surface area contributed by atoms with E-state index in [1.165, 1.54) is 6.07 Å². The third-order valence-corrected chi connectivity index (χ3v) is 3.29. The standard InChI is InChI=1S/C10H8Cl3NO4/c1-2-18-7(15)4-5-3-6(11)8(12)9(13)10(5)14(16)17/h3H,2,4H2,1H3. The maximum Gasteiger partial charge on any atom is 0.310 e. The Hall–Kier alpha value is -1.04. The average molecular weight is 313 g/mol. The summed E-state index contributed by atoms with van der Waals surface area (Å²) < 4.78 is 4.71. The zero-order chi connectivity index (χ0) is 13.9. The van der Waals surface area contributed by atoms with Crippen molar-refractivity contribution in [1.82, 2.24) is 0 Å². The molecule has 1 aromatic rings. The molecule has 0 unspecified atom stereocenters. The fourth-order valence-electron chi connectivity index (χ4n) is 1.33. The molecule has 0 amide bonds. The van der Waals surface area contributed by atoms with Gasteiger partial charge in [-0.3, -0.25) is 14.9 Å². The third-order valence-electron chi connectivity index (χ3n) is 2.04. The molecule has 0 N–H and O–H groups in total. The molecule has 0 radical (unpaired) electrons. The van der Waals surface area contributed by atoms with Crippen molar-refractivity contribution in [2.45, 2.75) is 13.3 Å². The van der Waals surface area contributed by atoms with Gasteiger partial charge in [0.15, 0.2) is 0 Å². The number of ether oxygens (including phenoxy) is 1. The van der Waals surface area contributed by atoms with Crippen LogP contribution in [0.15, 0.2) is 6.07 Å². The molecule has 0 heterocycles. The molecule has 0 aromatic heterocycles. The van der Waals surface area contributed by atoms with E-state index in [0.29, 0.717) is 0 Å². The van der Waals surface area contributed by atoms with E-state index in [9.17, 15) is 14.9 Å². The number of halogens is 3. The highest BCUT2D eigenvalue weighted by molar-refractivity contribution is 6.49. The molecule has 0 fully saturated rings. The highest BCUT2D eigenvalue weighted by Gasteiger charge is 2.25. The molecule has 5 nitrogen and oxygen atoms in total. The lowest BCUT2D eigenvalue weighted by molar-refractivity contribution is -0.385. The Morgan fingerprint density at radius 1 is 1.39 bits per heavy atom. The van der Waals surface area contributed by atoms with Crippen molar-refractivity contribution in [3.05, 3.63) is 36.8 Å². The summed E-state index contributed by atoms with van der Waals surface area (Å²) in [5, 5.41) is 10.6. The first-order valence-corrected chi connectivity index (χ1v) is 5.98. The summed E-state index contributed by atoms with van der Waals surface area (Å²) in [4.78, 5) is 21.5. The van der Waals surface area contributed by atoms with Crippen molar-refractivity contribution in [3.8, 4) is 0 Å². The first kappa shape index (κ1) is 15.0. The van der Waals surface area contributed by atoms with Gasteiger partial charge in [0.2, 0.25) is 0 Å². The highest BCUT2D eigenvalue weighted by Crippen LogP contribution is 2.40. The largest absolute Gasteiger partial charge is 0.466 e. The Bertz CT molecular complexity index is 504. The maximum absolute atomic E-state index is 11.3. The predicted octanol–water partition coefficient (Wildman–Crippen LogP) is 3.66. The summed E-state index contributed by atoms with van der Waals surface area (Å²) in [5.74, 6) is -0.602. The minimum atomic E-state index is -0.709. The molecule has 98 valence electrons. The van der Waals surface area contributed by atoms with E-state index in [-0.39, 0.29) is 33.7 Å². The summed E-state index contributed by atoms with van der Waals surface area (Å²) in [5.41, 5.74) is -0.364. The van der Waals surface area contributed by atoms with Crippen molar-refractivity contribution < 1.29 is 14.5 Å². The van der Waals surface area contributed by atoms with Crippen molar-refractivity contribution in [2.24, 2.45) is 0 Å². The Balaban J connectivity index is 3.25. The fraction of sp³-hybridized carbons (Fsp3) is 0.300. The summed E-state index contributed by atoms with van der Waals surface area (Å²) in [6, 6.07) is 1.24. The number of carbonyl (C=O) groups excluding carboxylic acids is 1. The van der Waals surface area contributed by atoms with Gasteiger partial charge >= 0.3 is 5.97 Å². The maximum atomic E-state index is 11.3. The molecule has 0 saturated carbocycles. The lowest BCUT2D eigenvalue weighted by Gasteiger charge is -2.07. The second-order valence-corrected chi connectivity index (χ2v) is 4.40. The lowest BCUT2D eigenvalue weighted by atomic mass is 10.1. The van der Waals surface area contributed by atoms with Gasteiger partial charge < -0.3 is 4.74 Å². The van der Waals surface area contributed by atoms with Gasteiger partial charge in [0, 0.05) is 5.56 Å². The van der Waals surface area contributed by atoms with Crippen LogP contribution in [0.3, 0.4) is 0 Å². The number of hydrogen-bond donors (Lipinski definition) is 0. The first-order valence-electron chi connectivity index (χ1n) is 4.84. The molecule has 0 saturated heterocycles. The molecular weight excluding hydrogens is 304 g/mol. The molecule has 0 aliphatic heterocycles. The SMILES string of the molecule is CCOC(=O)Cc1cc(Cl)c(Cl)c(Cl)c1[N+](=O)[O-]. The number of rotatable bonds is 4. The van der Waals surface area contributed by atoms with Gasteiger partial charge in [-0.2, -0.15) is 0 Å². The second-order valence-electron chi connectivity index (χ2n) is 3.23. The minimum Gasteiger partial charge on any atom is -0.466 e. The van der Waals surface area contributed by atoms with Crippen LogP contribution in [0, 0.1) is 10.1 Å². The number of benzene rings is 1. The van der Waals surface area contributed by atoms with Gasteiger partial charge in [0.25, 0.3) is 5.69 Å². The lowest BCUT2D eigenvalue weighted by Crippen LogP contribution is -2.09. The molecule has 0 bridgehead atoms.